The fourth-order valence-electron chi connectivity index (χ4n) is 3.12. The van der Waals surface area contributed by atoms with Gasteiger partial charge in [-0.2, -0.15) is 0 Å². The van der Waals surface area contributed by atoms with Crippen LogP contribution in [0.15, 0.2) is 28.7 Å². The van der Waals surface area contributed by atoms with Gasteiger partial charge in [0.15, 0.2) is 0 Å². The Labute approximate surface area is 124 Å². The van der Waals surface area contributed by atoms with Gasteiger partial charge in [0.25, 0.3) is 0 Å². The molecule has 0 saturated heterocycles. The van der Waals surface area contributed by atoms with Gasteiger partial charge < -0.3 is 0 Å². The molecule has 0 unspecified atom stereocenters. The molecule has 1 aromatic carbocycles. The van der Waals surface area contributed by atoms with Crippen LogP contribution < -0.4 is 0 Å². The van der Waals surface area contributed by atoms with Crippen molar-refractivity contribution < 1.29 is 4.79 Å². The summed E-state index contributed by atoms with van der Waals surface area (Å²) < 4.78 is 1.11. The number of hydrogen-bond acceptors (Lipinski definition) is 1. The molecule has 0 heterocycles. The maximum Gasteiger partial charge on any atom is 0.141 e. The lowest BCUT2D eigenvalue weighted by Gasteiger charge is -2.30. The number of carbonyl (C=O) groups excluding carboxylic acids is 1. The Kier molecular flexibility index (Phi) is 4.83. The SMILES string of the molecule is CC(C)(Cc1ccccc1Br)C(=O)C1CCCCC1. The third-order valence-electron chi connectivity index (χ3n) is 4.23. The zero-order valence-electron chi connectivity index (χ0n) is 11.9. The topological polar surface area (TPSA) is 17.1 Å². The highest BCUT2D eigenvalue weighted by atomic mass is 79.9. The lowest BCUT2D eigenvalue weighted by atomic mass is 9.72. The van der Waals surface area contributed by atoms with Gasteiger partial charge >= 0.3 is 0 Å². The molecule has 0 amide bonds. The van der Waals surface area contributed by atoms with E-state index in [1.165, 1.54) is 24.8 Å². The van der Waals surface area contributed by atoms with Crippen molar-refractivity contribution in [1.82, 2.24) is 0 Å². The summed E-state index contributed by atoms with van der Waals surface area (Å²) in [7, 11) is 0. The first-order valence-electron chi connectivity index (χ1n) is 7.28. The Bertz CT molecular complexity index is 444. The predicted octanol–water partition coefficient (Wildman–Crippen LogP) is 5.17. The van der Waals surface area contributed by atoms with E-state index >= 15 is 0 Å². The fourth-order valence-corrected chi connectivity index (χ4v) is 3.55. The maximum atomic E-state index is 12.7. The number of Topliss-reactive ketones (excluding diaryl/α,β-unsaturated/α-hetero) is 1. The van der Waals surface area contributed by atoms with E-state index < -0.39 is 0 Å². The van der Waals surface area contributed by atoms with Gasteiger partial charge in [-0.15, -0.1) is 0 Å². The third kappa shape index (κ3) is 3.68. The molecule has 0 bridgehead atoms. The molecule has 0 aliphatic heterocycles. The third-order valence-corrected chi connectivity index (χ3v) is 5.01. The van der Waals surface area contributed by atoms with E-state index in [1.807, 2.05) is 12.1 Å². The lowest BCUT2D eigenvalue weighted by Crippen LogP contribution is -2.34. The van der Waals surface area contributed by atoms with Crippen molar-refractivity contribution in [3.8, 4) is 0 Å². The van der Waals surface area contributed by atoms with Gasteiger partial charge in [0.2, 0.25) is 0 Å². The van der Waals surface area contributed by atoms with Crippen molar-refractivity contribution in [2.45, 2.75) is 52.4 Å². The molecule has 1 fully saturated rings. The second-order valence-electron chi connectivity index (χ2n) is 6.35. The molecule has 1 aromatic rings. The summed E-state index contributed by atoms with van der Waals surface area (Å²) in [5.41, 5.74) is 0.975. The molecule has 0 aromatic heterocycles. The van der Waals surface area contributed by atoms with Crippen molar-refractivity contribution in [1.29, 1.82) is 0 Å². The zero-order valence-corrected chi connectivity index (χ0v) is 13.5. The maximum absolute atomic E-state index is 12.7. The van der Waals surface area contributed by atoms with E-state index in [0.29, 0.717) is 11.7 Å². The van der Waals surface area contributed by atoms with E-state index in [1.54, 1.807) is 0 Å². The normalized spacial score (nSPS) is 17.4. The van der Waals surface area contributed by atoms with Crippen LogP contribution in [-0.4, -0.2) is 5.78 Å². The van der Waals surface area contributed by atoms with E-state index in [2.05, 4.69) is 41.9 Å². The number of ketones is 1. The van der Waals surface area contributed by atoms with Crippen molar-refractivity contribution in [3.05, 3.63) is 34.3 Å². The van der Waals surface area contributed by atoms with Gasteiger partial charge in [-0.25, -0.2) is 0 Å². The summed E-state index contributed by atoms with van der Waals surface area (Å²) in [6.07, 6.45) is 6.76. The average Bonchev–Trinajstić information content (AvgIpc) is 2.41. The highest BCUT2D eigenvalue weighted by Gasteiger charge is 2.34. The zero-order chi connectivity index (χ0) is 13.9. The number of carbonyl (C=O) groups is 1. The minimum atomic E-state index is -0.258. The molecule has 0 atom stereocenters. The van der Waals surface area contributed by atoms with Crippen LogP contribution in [0, 0.1) is 11.3 Å². The molecule has 2 heteroatoms. The molecule has 2 rings (SSSR count). The lowest BCUT2D eigenvalue weighted by molar-refractivity contribution is -0.132. The molecular formula is C17H23BrO. The van der Waals surface area contributed by atoms with Crippen molar-refractivity contribution >= 4 is 21.7 Å². The Morgan fingerprint density at radius 1 is 1.21 bits per heavy atom. The van der Waals surface area contributed by atoms with Gasteiger partial charge in [0.1, 0.15) is 5.78 Å². The molecule has 1 aliphatic carbocycles. The second-order valence-corrected chi connectivity index (χ2v) is 7.21. The Morgan fingerprint density at radius 3 is 2.47 bits per heavy atom. The van der Waals surface area contributed by atoms with Crippen LogP contribution in [0.5, 0.6) is 0 Å². The first-order chi connectivity index (χ1) is 9.00. The summed E-state index contributed by atoms with van der Waals surface area (Å²) in [5, 5.41) is 0. The number of rotatable bonds is 4. The van der Waals surface area contributed by atoms with Crippen LogP contribution in [-0.2, 0) is 11.2 Å². The van der Waals surface area contributed by atoms with Gasteiger partial charge in [-0.1, -0.05) is 67.2 Å². The highest BCUT2D eigenvalue weighted by Crippen LogP contribution is 2.34. The van der Waals surface area contributed by atoms with Crippen LogP contribution in [0.1, 0.15) is 51.5 Å². The number of benzene rings is 1. The Balaban J connectivity index is 2.08. The van der Waals surface area contributed by atoms with Crippen LogP contribution in [0.3, 0.4) is 0 Å². The molecule has 0 spiro atoms. The molecule has 104 valence electrons. The molecular weight excluding hydrogens is 300 g/mol. The van der Waals surface area contributed by atoms with E-state index in [-0.39, 0.29) is 5.41 Å². The fraction of sp³-hybridized carbons (Fsp3) is 0.588. The van der Waals surface area contributed by atoms with Crippen LogP contribution in [0.4, 0.5) is 0 Å². The van der Waals surface area contributed by atoms with Gasteiger partial charge in [0.05, 0.1) is 0 Å². The highest BCUT2D eigenvalue weighted by molar-refractivity contribution is 9.10. The summed E-state index contributed by atoms with van der Waals surface area (Å²) >= 11 is 3.58. The Hall–Kier alpha value is -0.630. The smallest absolute Gasteiger partial charge is 0.141 e. The average molecular weight is 323 g/mol. The van der Waals surface area contributed by atoms with Crippen LogP contribution in [0.25, 0.3) is 0 Å². The Morgan fingerprint density at radius 2 is 1.84 bits per heavy atom. The van der Waals surface area contributed by atoms with Gasteiger partial charge in [-0.05, 0) is 30.9 Å². The van der Waals surface area contributed by atoms with Crippen LogP contribution >= 0.6 is 15.9 Å². The molecule has 0 N–H and O–H groups in total. The van der Waals surface area contributed by atoms with E-state index in [0.717, 1.165) is 23.7 Å². The largest absolute Gasteiger partial charge is 0.299 e. The van der Waals surface area contributed by atoms with Gasteiger partial charge in [0, 0.05) is 15.8 Å². The first-order valence-corrected chi connectivity index (χ1v) is 8.08. The summed E-state index contributed by atoms with van der Waals surface area (Å²) in [4.78, 5) is 12.7. The summed E-state index contributed by atoms with van der Waals surface area (Å²) in [6, 6.07) is 8.22. The summed E-state index contributed by atoms with van der Waals surface area (Å²) in [6.45, 7) is 4.20. The van der Waals surface area contributed by atoms with Crippen molar-refractivity contribution in [2.24, 2.45) is 11.3 Å². The predicted molar refractivity (Wildman–Crippen MR) is 83.2 cm³/mol. The van der Waals surface area contributed by atoms with Crippen molar-refractivity contribution in [3.63, 3.8) is 0 Å². The summed E-state index contributed by atoms with van der Waals surface area (Å²) in [5.74, 6) is 0.759. The van der Waals surface area contributed by atoms with Crippen molar-refractivity contribution in [2.75, 3.05) is 0 Å². The first kappa shape index (κ1) is 14.8. The quantitative estimate of drug-likeness (QED) is 0.747. The van der Waals surface area contributed by atoms with E-state index in [4.69, 9.17) is 0 Å². The second kappa shape index (κ2) is 6.21. The standard InChI is InChI=1S/C17H23BrO/c1-17(2,12-14-10-6-7-11-15(14)18)16(19)13-8-4-3-5-9-13/h6-7,10-11,13H,3-5,8-9,12H2,1-2H3. The number of hydrogen-bond donors (Lipinski definition) is 0. The minimum absolute atomic E-state index is 0.258. The van der Waals surface area contributed by atoms with E-state index in [9.17, 15) is 4.79 Å². The molecule has 1 nitrogen and oxygen atoms in total. The minimum Gasteiger partial charge on any atom is -0.299 e. The van der Waals surface area contributed by atoms with Crippen LogP contribution in [0.2, 0.25) is 0 Å². The molecule has 0 radical (unpaired) electrons. The molecule has 1 aliphatic rings. The number of halogens is 1. The monoisotopic (exact) mass is 322 g/mol. The molecule has 1 saturated carbocycles. The van der Waals surface area contributed by atoms with Gasteiger partial charge in [-0.3, -0.25) is 4.79 Å². The molecule has 19 heavy (non-hydrogen) atoms.